The van der Waals surface area contributed by atoms with Gasteiger partial charge in [0.1, 0.15) is 11.6 Å². The minimum absolute atomic E-state index is 0.247. The number of unbranched alkanes of at least 4 members (excludes halogenated alkanes) is 1. The maximum absolute atomic E-state index is 13.5. The number of rotatable bonds is 8. The molecule has 0 amide bonds. The fourth-order valence-corrected chi connectivity index (χ4v) is 5.16. The van der Waals surface area contributed by atoms with E-state index in [1.54, 1.807) is 11.8 Å². The van der Waals surface area contributed by atoms with Gasteiger partial charge in [-0.2, -0.15) is 0 Å². The Labute approximate surface area is 207 Å². The first-order chi connectivity index (χ1) is 16.0. The van der Waals surface area contributed by atoms with Gasteiger partial charge in [-0.25, -0.2) is 9.18 Å². The van der Waals surface area contributed by atoms with Crippen LogP contribution in [0.1, 0.15) is 53.9 Å². The highest BCUT2D eigenvalue weighted by atomic mass is 32.2. The molecule has 1 aliphatic rings. The van der Waals surface area contributed by atoms with Gasteiger partial charge < -0.3 is 14.7 Å². The summed E-state index contributed by atoms with van der Waals surface area (Å²) >= 11 is 3.31. The monoisotopic (exact) mass is 495 g/mol. The smallest absolute Gasteiger partial charge is 0.341 e. The van der Waals surface area contributed by atoms with Gasteiger partial charge in [0.05, 0.1) is 10.6 Å². The fraction of sp³-hybridized carbons (Fsp3) is 0.500. The van der Waals surface area contributed by atoms with Gasteiger partial charge in [0, 0.05) is 22.9 Å². The van der Waals surface area contributed by atoms with Crippen LogP contribution in [-0.2, 0) is 4.79 Å². The van der Waals surface area contributed by atoms with Gasteiger partial charge in [0.2, 0.25) is 0 Å². The maximum Gasteiger partial charge on any atom is 0.341 e. The Morgan fingerprint density at radius 1 is 1.21 bits per heavy atom. The van der Waals surface area contributed by atoms with Gasteiger partial charge in [-0.3, -0.25) is 0 Å². The van der Waals surface area contributed by atoms with Crippen LogP contribution in [0.15, 0.2) is 46.2 Å². The molecular weight excluding hydrogens is 457 g/mol. The van der Waals surface area contributed by atoms with Crippen LogP contribution in [0.5, 0.6) is 5.75 Å². The Kier molecular flexibility index (Phi) is 14.0. The Hall–Kier alpha value is -1.86. The Balaban J connectivity index is 0.00000129. The van der Waals surface area contributed by atoms with Crippen molar-refractivity contribution in [2.24, 2.45) is 5.92 Å². The standard InChI is InChI=1S/C22H26FNO3S2.2C2H6/c1-3-4-5-15-12-24(17-8-6-16(23)7-9-17)18-10-21(28-2)19(27-13-22(25)26)11-20(18)29-14-15;2*1-2/h6-11,15H,3-5,12-14H2,1-2H3,(H,25,26);2*1-2H3. The molecule has 0 aromatic heterocycles. The lowest BCUT2D eigenvalue weighted by Gasteiger charge is -2.28. The van der Waals surface area contributed by atoms with E-state index in [0.717, 1.165) is 46.3 Å². The van der Waals surface area contributed by atoms with Crippen molar-refractivity contribution < 1.29 is 19.0 Å². The number of carbonyl (C=O) groups is 1. The average Bonchev–Trinajstić information content (AvgIpc) is 3.02. The molecule has 0 saturated carbocycles. The van der Waals surface area contributed by atoms with E-state index in [9.17, 15) is 9.18 Å². The van der Waals surface area contributed by atoms with Crippen LogP contribution in [-0.4, -0.2) is 36.2 Å². The topological polar surface area (TPSA) is 49.8 Å². The van der Waals surface area contributed by atoms with Gasteiger partial charge in [-0.05, 0) is 55.0 Å². The van der Waals surface area contributed by atoms with Crippen molar-refractivity contribution in [3.63, 3.8) is 0 Å². The third-order valence-corrected chi connectivity index (χ3v) is 6.94. The summed E-state index contributed by atoms with van der Waals surface area (Å²) < 4.78 is 19.0. The molecule has 1 heterocycles. The number of ether oxygens (including phenoxy) is 1. The van der Waals surface area contributed by atoms with Crippen LogP contribution in [0, 0.1) is 11.7 Å². The van der Waals surface area contributed by atoms with Crippen LogP contribution in [0.25, 0.3) is 0 Å². The lowest BCUT2D eigenvalue weighted by Crippen LogP contribution is -2.25. The molecule has 7 heteroatoms. The summed E-state index contributed by atoms with van der Waals surface area (Å²) in [4.78, 5) is 15.2. The summed E-state index contributed by atoms with van der Waals surface area (Å²) in [5.41, 5.74) is 2.02. The molecule has 184 valence electrons. The molecule has 1 aliphatic heterocycles. The highest BCUT2D eigenvalue weighted by Crippen LogP contribution is 2.45. The summed E-state index contributed by atoms with van der Waals surface area (Å²) in [5.74, 6) is 0.854. The second-order valence-corrected chi connectivity index (χ2v) is 8.97. The average molecular weight is 496 g/mol. The quantitative estimate of drug-likeness (QED) is 0.373. The van der Waals surface area contributed by atoms with E-state index in [0.29, 0.717) is 11.7 Å². The van der Waals surface area contributed by atoms with Crippen LogP contribution in [0.3, 0.4) is 0 Å². The first kappa shape index (κ1) is 29.2. The van der Waals surface area contributed by atoms with E-state index in [2.05, 4.69) is 17.9 Å². The lowest BCUT2D eigenvalue weighted by atomic mass is 10.0. The van der Waals surface area contributed by atoms with E-state index in [1.807, 2.05) is 52.1 Å². The summed E-state index contributed by atoms with van der Waals surface area (Å²) in [6.45, 7) is 10.7. The number of carboxylic acid groups (broad SMARTS) is 1. The molecule has 0 fully saturated rings. The highest BCUT2D eigenvalue weighted by Gasteiger charge is 2.25. The van der Waals surface area contributed by atoms with Gasteiger partial charge in [0.25, 0.3) is 0 Å². The number of hydrogen-bond donors (Lipinski definition) is 1. The number of benzene rings is 2. The van der Waals surface area contributed by atoms with Crippen LogP contribution in [0.4, 0.5) is 15.8 Å². The van der Waals surface area contributed by atoms with E-state index in [-0.39, 0.29) is 12.4 Å². The predicted molar refractivity (Wildman–Crippen MR) is 141 cm³/mol. The lowest BCUT2D eigenvalue weighted by molar-refractivity contribution is -0.139. The normalized spacial score (nSPS) is 14.6. The zero-order valence-electron chi connectivity index (χ0n) is 20.7. The van der Waals surface area contributed by atoms with Crippen molar-refractivity contribution in [3.8, 4) is 5.75 Å². The molecule has 3 rings (SSSR count). The van der Waals surface area contributed by atoms with Crippen LogP contribution >= 0.6 is 23.5 Å². The second-order valence-electron chi connectivity index (χ2n) is 7.06. The zero-order valence-corrected chi connectivity index (χ0v) is 22.3. The molecule has 0 bridgehead atoms. The molecule has 0 saturated heterocycles. The number of thioether (sulfide) groups is 2. The SMILES string of the molecule is CC.CC.CCCCC1CSc2cc(OCC(=O)O)c(SC)cc2N(c2ccc(F)cc2)C1. The zero-order chi connectivity index (χ0) is 24.8. The molecule has 2 aromatic rings. The van der Waals surface area contributed by atoms with E-state index in [1.165, 1.54) is 30.3 Å². The van der Waals surface area contributed by atoms with Crippen molar-refractivity contribution >= 4 is 40.9 Å². The summed E-state index contributed by atoms with van der Waals surface area (Å²) in [6.07, 6.45) is 5.44. The molecule has 1 unspecified atom stereocenters. The first-order valence-corrected chi connectivity index (χ1v) is 13.9. The Morgan fingerprint density at radius 2 is 1.88 bits per heavy atom. The first-order valence-electron chi connectivity index (χ1n) is 11.7. The third-order valence-electron chi connectivity index (χ3n) is 4.91. The van der Waals surface area contributed by atoms with Crippen LogP contribution in [0.2, 0.25) is 0 Å². The fourth-order valence-electron chi connectivity index (χ4n) is 3.42. The van der Waals surface area contributed by atoms with E-state index in [4.69, 9.17) is 9.84 Å². The summed E-state index contributed by atoms with van der Waals surface area (Å²) in [5, 5.41) is 8.98. The molecule has 0 aliphatic carbocycles. The van der Waals surface area contributed by atoms with Gasteiger partial charge in [-0.1, -0.05) is 47.5 Å². The number of fused-ring (bicyclic) bond motifs is 1. The number of anilines is 2. The van der Waals surface area contributed by atoms with Gasteiger partial charge >= 0.3 is 5.97 Å². The molecule has 4 nitrogen and oxygen atoms in total. The molecule has 1 N–H and O–H groups in total. The second kappa shape index (κ2) is 15.9. The molecule has 0 radical (unpaired) electrons. The molecule has 1 atom stereocenters. The van der Waals surface area contributed by atoms with Crippen molar-refractivity contribution in [1.82, 2.24) is 0 Å². The molecule has 0 spiro atoms. The van der Waals surface area contributed by atoms with Crippen molar-refractivity contribution in [2.45, 2.75) is 63.7 Å². The van der Waals surface area contributed by atoms with E-state index < -0.39 is 5.97 Å². The minimum atomic E-state index is -0.993. The Bertz CT molecular complexity index is 846. The predicted octanol–water partition coefficient (Wildman–Crippen LogP) is 8.11. The number of aliphatic carboxylic acids is 1. The number of hydrogen-bond acceptors (Lipinski definition) is 5. The van der Waals surface area contributed by atoms with E-state index >= 15 is 0 Å². The molecular formula is C26H38FNO3S2. The number of nitrogens with zero attached hydrogens (tertiary/aromatic N) is 1. The van der Waals surface area contributed by atoms with Gasteiger partial charge in [-0.15, -0.1) is 23.5 Å². The summed E-state index contributed by atoms with van der Waals surface area (Å²) in [6, 6.07) is 10.6. The minimum Gasteiger partial charge on any atom is -0.481 e. The number of halogens is 1. The van der Waals surface area contributed by atoms with Crippen molar-refractivity contribution in [2.75, 3.05) is 30.1 Å². The molecule has 2 aromatic carbocycles. The van der Waals surface area contributed by atoms with Crippen LogP contribution < -0.4 is 9.64 Å². The van der Waals surface area contributed by atoms with Gasteiger partial charge in [0.15, 0.2) is 6.61 Å². The summed E-state index contributed by atoms with van der Waals surface area (Å²) in [7, 11) is 0. The largest absolute Gasteiger partial charge is 0.481 e. The number of carboxylic acids is 1. The molecule has 33 heavy (non-hydrogen) atoms. The highest BCUT2D eigenvalue weighted by molar-refractivity contribution is 7.99. The van der Waals surface area contributed by atoms with Crippen molar-refractivity contribution in [3.05, 3.63) is 42.2 Å². The van der Waals surface area contributed by atoms with Crippen molar-refractivity contribution in [1.29, 1.82) is 0 Å². The third kappa shape index (κ3) is 8.78. The maximum atomic E-state index is 13.5. The Morgan fingerprint density at radius 3 is 2.45 bits per heavy atom.